The SMILES string of the molecule is CCS(=O)(=O)c1ccc(NC(=O)C2(C)CC2C)cc1. The van der Waals surface area contributed by atoms with E-state index >= 15 is 0 Å². The van der Waals surface area contributed by atoms with E-state index in [2.05, 4.69) is 12.2 Å². The zero-order valence-electron chi connectivity index (χ0n) is 11.4. The molecule has 0 bridgehead atoms. The molecule has 1 fully saturated rings. The molecular formula is C14H19NO3S. The van der Waals surface area contributed by atoms with E-state index in [0.717, 1.165) is 6.42 Å². The quantitative estimate of drug-likeness (QED) is 0.922. The van der Waals surface area contributed by atoms with Gasteiger partial charge in [-0.1, -0.05) is 20.8 Å². The minimum Gasteiger partial charge on any atom is -0.326 e. The maximum Gasteiger partial charge on any atom is 0.230 e. The zero-order chi connectivity index (χ0) is 14.3. The van der Waals surface area contributed by atoms with Crippen LogP contribution in [0.4, 0.5) is 5.69 Å². The van der Waals surface area contributed by atoms with Crippen molar-refractivity contribution in [2.45, 2.75) is 32.1 Å². The summed E-state index contributed by atoms with van der Waals surface area (Å²) in [5.74, 6) is 0.493. The van der Waals surface area contributed by atoms with Gasteiger partial charge in [0, 0.05) is 11.1 Å². The van der Waals surface area contributed by atoms with Gasteiger partial charge in [-0.15, -0.1) is 0 Å². The summed E-state index contributed by atoms with van der Waals surface area (Å²) >= 11 is 0. The largest absolute Gasteiger partial charge is 0.326 e. The lowest BCUT2D eigenvalue weighted by atomic mass is 10.1. The summed E-state index contributed by atoms with van der Waals surface area (Å²) in [4.78, 5) is 12.3. The molecule has 5 heteroatoms. The summed E-state index contributed by atoms with van der Waals surface area (Å²) in [6.45, 7) is 5.61. The van der Waals surface area contributed by atoms with Gasteiger partial charge in [-0.05, 0) is 36.6 Å². The van der Waals surface area contributed by atoms with Crippen LogP contribution in [0.15, 0.2) is 29.2 Å². The smallest absolute Gasteiger partial charge is 0.230 e. The van der Waals surface area contributed by atoms with Crippen molar-refractivity contribution >= 4 is 21.4 Å². The summed E-state index contributed by atoms with van der Waals surface area (Å²) in [5.41, 5.74) is 0.370. The Kier molecular flexibility index (Phi) is 3.43. The first-order chi connectivity index (χ1) is 8.79. The number of nitrogens with one attached hydrogen (secondary N) is 1. The Morgan fingerprint density at radius 3 is 2.32 bits per heavy atom. The Hall–Kier alpha value is -1.36. The Balaban J connectivity index is 2.10. The van der Waals surface area contributed by atoms with Crippen LogP contribution in [0.25, 0.3) is 0 Å². The summed E-state index contributed by atoms with van der Waals surface area (Å²) in [5, 5.41) is 2.84. The van der Waals surface area contributed by atoms with E-state index in [-0.39, 0.29) is 17.1 Å². The van der Waals surface area contributed by atoms with E-state index in [0.29, 0.717) is 16.5 Å². The number of sulfone groups is 1. The molecule has 1 aliphatic carbocycles. The molecule has 0 aromatic heterocycles. The van der Waals surface area contributed by atoms with E-state index < -0.39 is 9.84 Å². The Morgan fingerprint density at radius 1 is 1.37 bits per heavy atom. The molecule has 1 aromatic rings. The molecule has 0 radical (unpaired) electrons. The van der Waals surface area contributed by atoms with Crippen LogP contribution in [0.1, 0.15) is 27.2 Å². The summed E-state index contributed by atoms with van der Waals surface area (Å²) in [6, 6.07) is 6.34. The molecular weight excluding hydrogens is 262 g/mol. The molecule has 1 aromatic carbocycles. The van der Waals surface area contributed by atoms with Gasteiger partial charge in [0.15, 0.2) is 9.84 Å². The average molecular weight is 281 g/mol. The summed E-state index contributed by atoms with van der Waals surface area (Å²) < 4.78 is 23.3. The van der Waals surface area contributed by atoms with Crippen molar-refractivity contribution < 1.29 is 13.2 Å². The van der Waals surface area contributed by atoms with Crippen molar-refractivity contribution in [2.24, 2.45) is 11.3 Å². The monoisotopic (exact) mass is 281 g/mol. The van der Waals surface area contributed by atoms with E-state index in [9.17, 15) is 13.2 Å². The molecule has 1 amide bonds. The highest BCUT2D eigenvalue weighted by atomic mass is 32.2. The second-order valence-corrected chi connectivity index (χ2v) is 7.68. The predicted octanol–water partition coefficient (Wildman–Crippen LogP) is 2.46. The highest BCUT2D eigenvalue weighted by Gasteiger charge is 2.52. The minimum atomic E-state index is -3.18. The molecule has 0 spiro atoms. The van der Waals surface area contributed by atoms with Gasteiger partial charge in [0.05, 0.1) is 10.6 Å². The fourth-order valence-corrected chi connectivity index (χ4v) is 2.96. The van der Waals surface area contributed by atoms with Crippen molar-refractivity contribution in [1.82, 2.24) is 0 Å². The third-order valence-electron chi connectivity index (χ3n) is 4.03. The number of hydrogen-bond acceptors (Lipinski definition) is 3. The fraction of sp³-hybridized carbons (Fsp3) is 0.500. The molecule has 2 atom stereocenters. The number of carbonyl (C=O) groups is 1. The summed E-state index contributed by atoms with van der Waals surface area (Å²) in [7, 11) is -3.18. The van der Waals surface area contributed by atoms with E-state index in [1.165, 1.54) is 12.1 Å². The van der Waals surface area contributed by atoms with Crippen molar-refractivity contribution in [2.75, 3.05) is 11.1 Å². The van der Waals surface area contributed by atoms with E-state index in [4.69, 9.17) is 0 Å². The van der Waals surface area contributed by atoms with Gasteiger partial charge in [0.2, 0.25) is 5.91 Å². The normalized spacial score (nSPS) is 25.9. The molecule has 1 saturated carbocycles. The Bertz CT molecular complexity index is 592. The van der Waals surface area contributed by atoms with Gasteiger partial charge in [-0.3, -0.25) is 4.79 Å². The van der Waals surface area contributed by atoms with Gasteiger partial charge in [-0.2, -0.15) is 0 Å². The molecule has 1 N–H and O–H groups in total. The molecule has 19 heavy (non-hydrogen) atoms. The Morgan fingerprint density at radius 2 is 1.89 bits per heavy atom. The molecule has 2 unspecified atom stereocenters. The van der Waals surface area contributed by atoms with Gasteiger partial charge in [-0.25, -0.2) is 8.42 Å². The van der Waals surface area contributed by atoms with Crippen molar-refractivity contribution in [3.8, 4) is 0 Å². The van der Waals surface area contributed by atoms with Crippen LogP contribution < -0.4 is 5.32 Å². The third kappa shape index (κ3) is 2.66. The van der Waals surface area contributed by atoms with Crippen LogP contribution in [-0.4, -0.2) is 20.1 Å². The number of carbonyl (C=O) groups excluding carboxylic acids is 1. The topological polar surface area (TPSA) is 63.2 Å². The lowest BCUT2D eigenvalue weighted by molar-refractivity contribution is -0.121. The standard InChI is InChI=1S/C14H19NO3S/c1-4-19(17,18)12-7-5-11(6-8-12)15-13(16)14(3)9-10(14)2/h5-8,10H,4,9H2,1-3H3,(H,15,16). The highest BCUT2D eigenvalue weighted by molar-refractivity contribution is 7.91. The Labute approximate surface area is 114 Å². The van der Waals surface area contributed by atoms with E-state index in [1.54, 1.807) is 19.1 Å². The molecule has 0 aliphatic heterocycles. The zero-order valence-corrected chi connectivity index (χ0v) is 12.3. The maximum atomic E-state index is 12.0. The second-order valence-electron chi connectivity index (χ2n) is 5.40. The highest BCUT2D eigenvalue weighted by Crippen LogP contribution is 2.52. The lowest BCUT2D eigenvalue weighted by Crippen LogP contribution is -2.22. The first kappa shape index (κ1) is 14.1. The van der Waals surface area contributed by atoms with Gasteiger partial charge >= 0.3 is 0 Å². The molecule has 2 rings (SSSR count). The first-order valence-corrected chi connectivity index (χ1v) is 8.09. The number of benzene rings is 1. The third-order valence-corrected chi connectivity index (χ3v) is 5.78. The van der Waals surface area contributed by atoms with Crippen LogP contribution >= 0.6 is 0 Å². The number of hydrogen-bond donors (Lipinski definition) is 1. The minimum absolute atomic E-state index is 0.00565. The first-order valence-electron chi connectivity index (χ1n) is 6.44. The van der Waals surface area contributed by atoms with Crippen molar-refractivity contribution in [1.29, 1.82) is 0 Å². The maximum absolute atomic E-state index is 12.0. The number of anilines is 1. The van der Waals surface area contributed by atoms with Gasteiger partial charge in [0.25, 0.3) is 0 Å². The van der Waals surface area contributed by atoms with Gasteiger partial charge < -0.3 is 5.32 Å². The van der Waals surface area contributed by atoms with Crippen LogP contribution in [-0.2, 0) is 14.6 Å². The van der Waals surface area contributed by atoms with Crippen molar-refractivity contribution in [3.63, 3.8) is 0 Å². The predicted molar refractivity (Wildman–Crippen MR) is 74.7 cm³/mol. The van der Waals surface area contributed by atoms with Crippen LogP contribution in [0.2, 0.25) is 0 Å². The van der Waals surface area contributed by atoms with Crippen LogP contribution in [0, 0.1) is 11.3 Å². The second kappa shape index (κ2) is 4.63. The molecule has 4 nitrogen and oxygen atoms in total. The molecule has 104 valence electrons. The van der Waals surface area contributed by atoms with E-state index in [1.807, 2.05) is 6.92 Å². The molecule has 0 heterocycles. The fourth-order valence-electron chi connectivity index (χ4n) is 2.08. The number of amides is 1. The lowest BCUT2D eigenvalue weighted by Gasteiger charge is -2.11. The van der Waals surface area contributed by atoms with Gasteiger partial charge in [0.1, 0.15) is 0 Å². The van der Waals surface area contributed by atoms with Crippen LogP contribution in [0.3, 0.4) is 0 Å². The summed E-state index contributed by atoms with van der Waals surface area (Å²) in [6.07, 6.45) is 0.904. The van der Waals surface area contributed by atoms with Crippen molar-refractivity contribution in [3.05, 3.63) is 24.3 Å². The molecule has 1 aliphatic rings. The average Bonchev–Trinajstić information content (AvgIpc) is 2.99. The van der Waals surface area contributed by atoms with Crippen LogP contribution in [0.5, 0.6) is 0 Å². The number of rotatable bonds is 4. The molecule has 0 saturated heterocycles.